The van der Waals surface area contributed by atoms with Crippen molar-refractivity contribution in [2.24, 2.45) is 0 Å². The average molecular weight is 339 g/mol. The smallest absolute Gasteiger partial charge is 0.449 e. The van der Waals surface area contributed by atoms with E-state index < -0.39 is 6.16 Å². The van der Waals surface area contributed by atoms with Gasteiger partial charge in [0.25, 0.3) is 0 Å². The van der Waals surface area contributed by atoms with E-state index in [9.17, 15) is 4.79 Å². The summed E-state index contributed by atoms with van der Waals surface area (Å²) in [6, 6.07) is 3.72. The molecule has 0 unspecified atom stereocenters. The van der Waals surface area contributed by atoms with E-state index in [1.165, 1.54) is 17.1 Å². The monoisotopic (exact) mass is 338 g/mol. The van der Waals surface area contributed by atoms with Gasteiger partial charge in [0, 0.05) is 4.90 Å². The van der Waals surface area contributed by atoms with Gasteiger partial charge >= 0.3 is 6.16 Å². The number of benzene rings is 1. The maximum atomic E-state index is 10.5. The summed E-state index contributed by atoms with van der Waals surface area (Å²) < 4.78 is 5.93. The molecular weight excluding hydrogens is 328 g/mol. The van der Waals surface area contributed by atoms with Crippen molar-refractivity contribution in [1.82, 2.24) is 19.7 Å². The second-order valence-corrected chi connectivity index (χ2v) is 5.99. The van der Waals surface area contributed by atoms with Crippen molar-refractivity contribution in [1.29, 1.82) is 0 Å². The molecule has 0 aliphatic heterocycles. The van der Waals surface area contributed by atoms with Gasteiger partial charge in [-0.3, -0.25) is 0 Å². The molecule has 0 saturated heterocycles. The Balaban J connectivity index is 1.97. The Kier molecular flexibility index (Phi) is 3.95. The molecule has 7 nitrogen and oxygen atoms in total. The first-order valence-corrected chi connectivity index (χ1v) is 7.71. The minimum absolute atomic E-state index is 0.119. The Morgan fingerprint density at radius 3 is 3.09 bits per heavy atom. The van der Waals surface area contributed by atoms with Crippen LogP contribution in [-0.4, -0.2) is 36.8 Å². The van der Waals surface area contributed by atoms with Crippen LogP contribution in [0.5, 0.6) is 5.75 Å². The fourth-order valence-corrected chi connectivity index (χ4v) is 2.98. The number of thioether (sulfide) groups is 1. The fraction of sp³-hybridized carbons (Fsp3) is 0.154. The molecule has 2 heterocycles. The molecule has 0 fully saturated rings. The SMILES string of the molecule is CCSc1cc2nc(-n3cc(OC(=O)O)cn3)[nH]c2cc1Cl. The molecule has 0 saturated carbocycles. The summed E-state index contributed by atoms with van der Waals surface area (Å²) in [7, 11) is 0. The summed E-state index contributed by atoms with van der Waals surface area (Å²) in [5, 5.41) is 13.2. The van der Waals surface area contributed by atoms with Crippen molar-refractivity contribution in [2.45, 2.75) is 11.8 Å². The summed E-state index contributed by atoms with van der Waals surface area (Å²) >= 11 is 7.86. The third-order valence-electron chi connectivity index (χ3n) is 2.80. The van der Waals surface area contributed by atoms with E-state index in [-0.39, 0.29) is 5.75 Å². The van der Waals surface area contributed by atoms with Crippen molar-refractivity contribution in [2.75, 3.05) is 5.75 Å². The average Bonchev–Trinajstić information content (AvgIpc) is 3.05. The number of nitrogens with zero attached hydrogens (tertiary/aromatic N) is 3. The van der Waals surface area contributed by atoms with E-state index in [2.05, 4.69) is 26.7 Å². The molecule has 0 spiro atoms. The minimum Gasteiger partial charge on any atom is -0.449 e. The van der Waals surface area contributed by atoms with Crippen molar-refractivity contribution < 1.29 is 14.6 Å². The van der Waals surface area contributed by atoms with E-state index >= 15 is 0 Å². The lowest BCUT2D eigenvalue weighted by atomic mass is 10.3. The highest BCUT2D eigenvalue weighted by atomic mass is 35.5. The molecule has 0 aliphatic carbocycles. The molecule has 22 heavy (non-hydrogen) atoms. The third-order valence-corrected chi connectivity index (χ3v) is 4.17. The number of carbonyl (C=O) groups is 1. The summed E-state index contributed by atoms with van der Waals surface area (Å²) in [6.45, 7) is 2.05. The lowest BCUT2D eigenvalue weighted by Crippen LogP contribution is -2.02. The van der Waals surface area contributed by atoms with Gasteiger partial charge in [0.05, 0.1) is 28.4 Å². The first kappa shape index (κ1) is 14.7. The number of ether oxygens (including phenoxy) is 1. The number of aromatic nitrogens is 4. The maximum Gasteiger partial charge on any atom is 0.511 e. The number of hydrogen-bond donors (Lipinski definition) is 2. The number of nitrogens with one attached hydrogen (secondary N) is 1. The van der Waals surface area contributed by atoms with E-state index in [1.807, 2.05) is 12.1 Å². The number of H-pyrrole nitrogens is 1. The Morgan fingerprint density at radius 1 is 1.55 bits per heavy atom. The third kappa shape index (κ3) is 2.88. The van der Waals surface area contributed by atoms with Crippen LogP contribution >= 0.6 is 23.4 Å². The molecule has 3 aromatic rings. The highest BCUT2D eigenvalue weighted by Crippen LogP contribution is 2.31. The topological polar surface area (TPSA) is 93.0 Å². The van der Waals surface area contributed by atoms with Crippen molar-refractivity contribution in [3.05, 3.63) is 29.5 Å². The van der Waals surface area contributed by atoms with Gasteiger partial charge in [-0.1, -0.05) is 18.5 Å². The number of rotatable bonds is 4. The number of fused-ring (bicyclic) bond motifs is 1. The van der Waals surface area contributed by atoms with E-state index in [0.717, 1.165) is 21.7 Å². The summed E-state index contributed by atoms with van der Waals surface area (Å²) in [5.74, 6) is 1.48. The molecule has 1 aromatic carbocycles. The summed E-state index contributed by atoms with van der Waals surface area (Å²) in [6.07, 6.45) is 1.33. The van der Waals surface area contributed by atoms with Crippen molar-refractivity contribution in [3.63, 3.8) is 0 Å². The Hall–Kier alpha value is -2.19. The van der Waals surface area contributed by atoms with Crippen LogP contribution < -0.4 is 4.74 Å². The van der Waals surface area contributed by atoms with Crippen LogP contribution in [0.2, 0.25) is 5.02 Å². The zero-order valence-electron chi connectivity index (χ0n) is 11.4. The van der Waals surface area contributed by atoms with Crippen molar-refractivity contribution in [3.8, 4) is 11.7 Å². The van der Waals surface area contributed by atoms with Gasteiger partial charge in [-0.25, -0.2) is 14.5 Å². The van der Waals surface area contributed by atoms with Crippen LogP contribution in [0.15, 0.2) is 29.4 Å². The van der Waals surface area contributed by atoms with E-state index in [0.29, 0.717) is 11.0 Å². The number of imidazole rings is 1. The van der Waals surface area contributed by atoms with Crippen molar-refractivity contribution >= 4 is 40.6 Å². The molecule has 9 heteroatoms. The molecule has 0 bridgehead atoms. The zero-order chi connectivity index (χ0) is 15.7. The number of halogens is 1. The standard InChI is InChI=1S/C13H11ClN4O3S/c1-2-22-11-4-10-9(3-8(11)14)16-12(17-10)18-6-7(5-15-18)21-13(19)20/h3-6H,2H2,1H3,(H,16,17)(H,19,20). The number of hydrogen-bond acceptors (Lipinski definition) is 5. The summed E-state index contributed by atoms with van der Waals surface area (Å²) in [5.41, 5.74) is 1.53. The predicted molar refractivity (Wildman–Crippen MR) is 83.3 cm³/mol. The Labute approximate surface area is 134 Å². The summed E-state index contributed by atoms with van der Waals surface area (Å²) in [4.78, 5) is 19.0. The van der Waals surface area contributed by atoms with Gasteiger partial charge < -0.3 is 14.8 Å². The van der Waals surface area contributed by atoms with Crippen LogP contribution in [-0.2, 0) is 0 Å². The van der Waals surface area contributed by atoms with Gasteiger partial charge in [0.2, 0.25) is 5.95 Å². The molecular formula is C13H11ClN4O3S. The van der Waals surface area contributed by atoms with Crippen LogP contribution in [0.4, 0.5) is 4.79 Å². The lowest BCUT2D eigenvalue weighted by molar-refractivity contribution is 0.144. The van der Waals surface area contributed by atoms with Gasteiger partial charge in [0.1, 0.15) is 0 Å². The first-order chi connectivity index (χ1) is 10.6. The van der Waals surface area contributed by atoms with E-state index in [4.69, 9.17) is 16.7 Å². The largest absolute Gasteiger partial charge is 0.511 e. The van der Waals surface area contributed by atoms with Gasteiger partial charge in [-0.2, -0.15) is 5.10 Å². The highest BCUT2D eigenvalue weighted by molar-refractivity contribution is 7.99. The molecule has 0 amide bonds. The number of aromatic amines is 1. The normalized spacial score (nSPS) is 11.0. The Bertz CT molecular complexity index is 845. The molecule has 114 valence electrons. The zero-order valence-corrected chi connectivity index (χ0v) is 13.0. The molecule has 2 aromatic heterocycles. The van der Waals surface area contributed by atoms with Crippen LogP contribution in [0.1, 0.15) is 6.92 Å². The van der Waals surface area contributed by atoms with Gasteiger partial charge in [-0.15, -0.1) is 11.8 Å². The molecule has 0 atom stereocenters. The van der Waals surface area contributed by atoms with Gasteiger partial charge in [-0.05, 0) is 17.9 Å². The first-order valence-electron chi connectivity index (χ1n) is 6.34. The number of carboxylic acid groups (broad SMARTS) is 1. The molecule has 0 aliphatic rings. The second kappa shape index (κ2) is 5.90. The molecule has 2 N–H and O–H groups in total. The van der Waals surface area contributed by atoms with Crippen LogP contribution in [0.25, 0.3) is 17.0 Å². The van der Waals surface area contributed by atoms with E-state index in [1.54, 1.807) is 11.8 Å². The minimum atomic E-state index is -1.39. The predicted octanol–water partition coefficient (Wildman–Crippen LogP) is 3.57. The highest BCUT2D eigenvalue weighted by Gasteiger charge is 2.11. The van der Waals surface area contributed by atoms with Crippen LogP contribution in [0, 0.1) is 0 Å². The van der Waals surface area contributed by atoms with Crippen LogP contribution in [0.3, 0.4) is 0 Å². The lowest BCUT2D eigenvalue weighted by Gasteiger charge is -2.00. The van der Waals surface area contributed by atoms with Gasteiger partial charge in [0.15, 0.2) is 5.75 Å². The molecule has 3 rings (SSSR count). The quantitative estimate of drug-likeness (QED) is 0.558. The molecule has 0 radical (unpaired) electrons. The second-order valence-electron chi connectivity index (χ2n) is 4.28. The fourth-order valence-electron chi connectivity index (χ4n) is 1.95. The Morgan fingerprint density at radius 2 is 2.36 bits per heavy atom. The maximum absolute atomic E-state index is 10.5.